The molecule has 1 heterocycles. The van der Waals surface area contributed by atoms with Crippen LogP contribution in [0, 0.1) is 0 Å². The van der Waals surface area contributed by atoms with Crippen molar-refractivity contribution in [3.8, 4) is 0 Å². The lowest BCUT2D eigenvalue weighted by Gasteiger charge is -2.22. The van der Waals surface area contributed by atoms with Gasteiger partial charge in [0.05, 0.1) is 6.61 Å². The average Bonchev–Trinajstić information content (AvgIpc) is 3.12. The summed E-state index contributed by atoms with van der Waals surface area (Å²) in [7, 11) is 0. The number of aliphatic hydroxyl groups excluding tert-OH is 1. The van der Waals surface area contributed by atoms with Crippen LogP contribution in [0.1, 0.15) is 37.9 Å². The zero-order chi connectivity index (χ0) is 12.3. The highest BCUT2D eigenvalue weighted by atomic mass is 35.5. The van der Waals surface area contributed by atoms with Crippen molar-refractivity contribution in [2.45, 2.75) is 32.1 Å². The molecule has 1 N–H and O–H groups in total. The first-order chi connectivity index (χ1) is 8.24. The second-order valence-electron chi connectivity index (χ2n) is 4.39. The lowest BCUT2D eigenvalue weighted by Crippen LogP contribution is -2.28. The van der Waals surface area contributed by atoms with Crippen molar-refractivity contribution in [1.29, 1.82) is 0 Å². The van der Waals surface area contributed by atoms with Crippen LogP contribution < -0.4 is 4.90 Å². The number of nitrogens with zero attached hydrogens (tertiary/aromatic N) is 3. The third-order valence-corrected chi connectivity index (χ3v) is 3.02. The Kier molecular flexibility index (Phi) is 4.18. The Morgan fingerprint density at radius 2 is 2.18 bits per heavy atom. The summed E-state index contributed by atoms with van der Waals surface area (Å²) in [5, 5.41) is 9.56. The van der Waals surface area contributed by atoms with Crippen LogP contribution in [-0.4, -0.2) is 34.8 Å². The van der Waals surface area contributed by atoms with Gasteiger partial charge in [-0.25, -0.2) is 9.97 Å². The normalized spacial score (nSPS) is 15.0. The molecule has 1 fully saturated rings. The molecule has 0 radical (unpaired) electrons. The highest BCUT2D eigenvalue weighted by Crippen LogP contribution is 2.39. The molecule has 4 nitrogen and oxygen atoms in total. The molecular formula is C12H18ClN3O. The van der Waals surface area contributed by atoms with E-state index in [0.29, 0.717) is 17.6 Å². The van der Waals surface area contributed by atoms with Crippen molar-refractivity contribution < 1.29 is 5.11 Å². The zero-order valence-corrected chi connectivity index (χ0v) is 10.8. The van der Waals surface area contributed by atoms with Crippen LogP contribution >= 0.6 is 11.6 Å². The molecule has 0 atom stereocenters. The number of anilines is 1. The number of aliphatic hydroxyl groups is 1. The molecule has 2 rings (SSSR count). The third kappa shape index (κ3) is 3.30. The van der Waals surface area contributed by atoms with E-state index in [1.807, 2.05) is 0 Å². The fraction of sp³-hybridized carbons (Fsp3) is 0.667. The average molecular weight is 256 g/mol. The Morgan fingerprint density at radius 3 is 2.76 bits per heavy atom. The van der Waals surface area contributed by atoms with Crippen LogP contribution in [0.25, 0.3) is 0 Å². The molecule has 1 saturated carbocycles. The van der Waals surface area contributed by atoms with Crippen molar-refractivity contribution in [2.24, 2.45) is 0 Å². The first-order valence-electron chi connectivity index (χ1n) is 6.15. The van der Waals surface area contributed by atoms with E-state index in [4.69, 9.17) is 16.7 Å². The van der Waals surface area contributed by atoms with Crippen LogP contribution in [0.15, 0.2) is 6.07 Å². The van der Waals surface area contributed by atoms with Crippen molar-refractivity contribution >= 4 is 17.4 Å². The van der Waals surface area contributed by atoms with Crippen molar-refractivity contribution in [1.82, 2.24) is 9.97 Å². The van der Waals surface area contributed by atoms with Crippen LogP contribution in [-0.2, 0) is 0 Å². The Balaban J connectivity index is 2.21. The summed E-state index contributed by atoms with van der Waals surface area (Å²) in [5.74, 6) is 2.18. The largest absolute Gasteiger partial charge is 0.395 e. The van der Waals surface area contributed by atoms with E-state index in [9.17, 15) is 0 Å². The Hall–Kier alpha value is -0.870. The van der Waals surface area contributed by atoms with E-state index < -0.39 is 0 Å². The Bertz CT molecular complexity index is 376. The summed E-state index contributed by atoms with van der Waals surface area (Å²) in [6, 6.07) is 1.78. The molecule has 1 aliphatic carbocycles. The number of rotatable bonds is 6. The van der Waals surface area contributed by atoms with Gasteiger partial charge in [-0.2, -0.15) is 0 Å². The summed E-state index contributed by atoms with van der Waals surface area (Å²) in [5.41, 5.74) is 0. The minimum atomic E-state index is 0.125. The minimum Gasteiger partial charge on any atom is -0.395 e. The predicted molar refractivity (Wildman–Crippen MR) is 68.6 cm³/mol. The van der Waals surface area contributed by atoms with Gasteiger partial charge in [0.25, 0.3) is 0 Å². The van der Waals surface area contributed by atoms with Gasteiger partial charge in [-0.3, -0.25) is 0 Å². The van der Waals surface area contributed by atoms with Gasteiger partial charge < -0.3 is 10.0 Å². The summed E-state index contributed by atoms with van der Waals surface area (Å²) in [6.07, 6.45) is 3.33. The fourth-order valence-electron chi connectivity index (χ4n) is 1.84. The molecule has 17 heavy (non-hydrogen) atoms. The predicted octanol–water partition coefficient (Wildman–Crippen LogP) is 2.22. The van der Waals surface area contributed by atoms with Crippen molar-refractivity contribution in [3.63, 3.8) is 0 Å². The first-order valence-corrected chi connectivity index (χ1v) is 6.52. The maximum Gasteiger partial charge on any atom is 0.135 e. The van der Waals surface area contributed by atoms with Gasteiger partial charge in [0.1, 0.15) is 16.8 Å². The second kappa shape index (κ2) is 5.65. The lowest BCUT2D eigenvalue weighted by molar-refractivity contribution is 0.301. The molecule has 94 valence electrons. The first kappa shape index (κ1) is 12.6. The molecule has 0 unspecified atom stereocenters. The lowest BCUT2D eigenvalue weighted by atomic mass is 10.3. The topological polar surface area (TPSA) is 49.2 Å². The van der Waals surface area contributed by atoms with Gasteiger partial charge in [-0.1, -0.05) is 18.5 Å². The summed E-state index contributed by atoms with van der Waals surface area (Å²) in [6.45, 7) is 3.69. The van der Waals surface area contributed by atoms with Crippen molar-refractivity contribution in [3.05, 3.63) is 17.0 Å². The van der Waals surface area contributed by atoms with Gasteiger partial charge in [0.2, 0.25) is 0 Å². The molecule has 1 aromatic rings. The number of hydrogen-bond acceptors (Lipinski definition) is 4. The quantitative estimate of drug-likeness (QED) is 0.792. The number of aromatic nitrogens is 2. The van der Waals surface area contributed by atoms with E-state index in [0.717, 1.165) is 37.4 Å². The monoisotopic (exact) mass is 255 g/mol. The van der Waals surface area contributed by atoms with Crippen molar-refractivity contribution in [2.75, 3.05) is 24.6 Å². The summed E-state index contributed by atoms with van der Waals surface area (Å²) >= 11 is 6.03. The molecule has 0 saturated heterocycles. The zero-order valence-electron chi connectivity index (χ0n) is 10.1. The molecule has 0 amide bonds. The molecule has 1 aromatic heterocycles. The molecule has 1 aliphatic rings. The highest BCUT2D eigenvalue weighted by molar-refractivity contribution is 6.29. The SMILES string of the molecule is CCCN(CCO)c1cc(Cl)nc(C2CC2)n1. The Morgan fingerprint density at radius 1 is 1.41 bits per heavy atom. The van der Waals surface area contributed by atoms with Gasteiger partial charge in [-0.15, -0.1) is 0 Å². The van der Waals surface area contributed by atoms with E-state index in [1.165, 1.54) is 0 Å². The Labute approximate surface area is 107 Å². The standard InChI is InChI=1S/C12H18ClN3O/c1-2-5-16(6-7-17)11-8-10(13)14-12(15-11)9-3-4-9/h8-9,17H,2-7H2,1H3. The maximum absolute atomic E-state index is 9.07. The van der Waals surface area contributed by atoms with Gasteiger partial charge in [0.15, 0.2) is 0 Å². The molecule has 0 bridgehead atoms. The summed E-state index contributed by atoms with van der Waals surface area (Å²) in [4.78, 5) is 10.9. The maximum atomic E-state index is 9.07. The smallest absolute Gasteiger partial charge is 0.135 e. The summed E-state index contributed by atoms with van der Waals surface area (Å²) < 4.78 is 0. The fourth-order valence-corrected chi connectivity index (χ4v) is 2.02. The molecule has 0 spiro atoms. The number of hydrogen-bond donors (Lipinski definition) is 1. The van der Waals surface area contributed by atoms with Crippen LogP contribution in [0.5, 0.6) is 0 Å². The second-order valence-corrected chi connectivity index (χ2v) is 4.78. The van der Waals surface area contributed by atoms with E-state index in [2.05, 4.69) is 21.8 Å². The molecule has 0 aliphatic heterocycles. The molecule has 0 aromatic carbocycles. The third-order valence-electron chi connectivity index (χ3n) is 2.83. The van der Waals surface area contributed by atoms with E-state index >= 15 is 0 Å². The van der Waals surface area contributed by atoms with Gasteiger partial charge >= 0.3 is 0 Å². The van der Waals surface area contributed by atoms with Crippen LogP contribution in [0.3, 0.4) is 0 Å². The van der Waals surface area contributed by atoms with Gasteiger partial charge in [-0.05, 0) is 19.3 Å². The van der Waals surface area contributed by atoms with Crippen LogP contribution in [0.2, 0.25) is 5.15 Å². The number of halogens is 1. The molecule has 5 heteroatoms. The van der Waals surface area contributed by atoms with Gasteiger partial charge in [0, 0.05) is 25.1 Å². The molecular weight excluding hydrogens is 238 g/mol. The van der Waals surface area contributed by atoms with E-state index in [-0.39, 0.29) is 6.61 Å². The highest BCUT2D eigenvalue weighted by Gasteiger charge is 2.27. The van der Waals surface area contributed by atoms with Crippen LogP contribution in [0.4, 0.5) is 5.82 Å². The van der Waals surface area contributed by atoms with E-state index in [1.54, 1.807) is 6.07 Å². The minimum absolute atomic E-state index is 0.125.